The minimum atomic E-state index is -2.35. The van der Waals surface area contributed by atoms with Gasteiger partial charge in [-0.25, -0.2) is 9.97 Å². The summed E-state index contributed by atoms with van der Waals surface area (Å²) in [5, 5.41) is 15.7. The molecule has 1 aliphatic heterocycles. The minimum Gasteiger partial charge on any atom is -0.228 e. The van der Waals surface area contributed by atoms with E-state index < -0.39 is 8.07 Å². The molecular formula is C56H38N2Si. The Balaban J connectivity index is 1.04. The maximum atomic E-state index is 5.52. The third-order valence-electron chi connectivity index (χ3n) is 12.8. The summed E-state index contributed by atoms with van der Waals surface area (Å²) in [4.78, 5) is 11.0. The van der Waals surface area contributed by atoms with E-state index in [-0.39, 0.29) is 0 Å². The standard InChI is InChI=1S/C56H38N2Si/c1-59(2)54-49-29-13-11-26-45(49)44-25-10-12-28-48(44)51(54)53-55(59)52(57-56(58-53)35-16-4-3-5-17-35)40-21-15-20-38(33-40)36-18-14-19-37(32-36)39-30-31-47-43-24-7-6-22-41(43)42-23-8-9-27-46(42)50(47)34-39/h3-34H,1-2H3. The van der Waals surface area contributed by atoms with Crippen molar-refractivity contribution in [3.63, 3.8) is 0 Å². The quantitative estimate of drug-likeness (QED) is 0.132. The lowest BCUT2D eigenvalue weighted by atomic mass is 9.91. The van der Waals surface area contributed by atoms with Crippen LogP contribution in [0.3, 0.4) is 0 Å². The second kappa shape index (κ2) is 12.9. The molecule has 0 fully saturated rings. The predicted octanol–water partition coefficient (Wildman–Crippen LogP) is 13.7. The van der Waals surface area contributed by atoms with Crippen LogP contribution in [-0.4, -0.2) is 18.0 Å². The average Bonchev–Trinajstić information content (AvgIpc) is 3.55. The lowest BCUT2D eigenvalue weighted by Crippen LogP contribution is -2.50. The molecule has 59 heavy (non-hydrogen) atoms. The fraction of sp³-hybridized carbons (Fsp3) is 0.0357. The van der Waals surface area contributed by atoms with Crippen LogP contribution in [0.5, 0.6) is 0 Å². The highest BCUT2D eigenvalue weighted by Crippen LogP contribution is 2.42. The average molecular weight is 767 g/mol. The van der Waals surface area contributed by atoms with Crippen LogP contribution in [0.15, 0.2) is 194 Å². The van der Waals surface area contributed by atoms with Crippen LogP contribution in [0.25, 0.3) is 110 Å². The highest BCUT2D eigenvalue weighted by molar-refractivity contribution is 7.06. The van der Waals surface area contributed by atoms with Crippen LogP contribution >= 0.6 is 0 Å². The van der Waals surface area contributed by atoms with Gasteiger partial charge in [0.25, 0.3) is 0 Å². The van der Waals surface area contributed by atoms with Crippen molar-refractivity contribution < 1.29 is 0 Å². The second-order valence-electron chi connectivity index (χ2n) is 16.5. The van der Waals surface area contributed by atoms with E-state index in [1.165, 1.54) is 92.1 Å². The minimum absolute atomic E-state index is 0.762. The Kier molecular flexibility index (Phi) is 7.41. The van der Waals surface area contributed by atoms with Crippen molar-refractivity contribution in [1.82, 2.24) is 9.97 Å². The van der Waals surface area contributed by atoms with Crippen LogP contribution in [-0.2, 0) is 0 Å². The Bertz CT molecular complexity index is 3500. The Morgan fingerprint density at radius 1 is 0.288 bits per heavy atom. The van der Waals surface area contributed by atoms with Gasteiger partial charge in [0.2, 0.25) is 0 Å². The largest absolute Gasteiger partial charge is 0.228 e. The Morgan fingerprint density at radius 2 is 0.695 bits per heavy atom. The highest BCUT2D eigenvalue weighted by atomic mass is 28.3. The molecule has 1 aromatic heterocycles. The number of hydrogen-bond acceptors (Lipinski definition) is 2. The number of fused-ring (bicyclic) bond motifs is 14. The van der Waals surface area contributed by atoms with E-state index in [2.05, 4.69) is 207 Å². The van der Waals surface area contributed by atoms with Gasteiger partial charge in [0, 0.05) is 16.7 Å². The number of hydrogen-bond donors (Lipinski definition) is 0. The first-order valence-electron chi connectivity index (χ1n) is 20.5. The van der Waals surface area contributed by atoms with Crippen molar-refractivity contribution in [2.75, 3.05) is 0 Å². The van der Waals surface area contributed by atoms with Gasteiger partial charge in [-0.05, 0) is 105 Å². The van der Waals surface area contributed by atoms with Crippen molar-refractivity contribution in [3.8, 4) is 56.2 Å². The lowest BCUT2D eigenvalue weighted by Gasteiger charge is -2.23. The van der Waals surface area contributed by atoms with Crippen LogP contribution in [0.1, 0.15) is 0 Å². The molecule has 10 aromatic carbocycles. The third-order valence-corrected chi connectivity index (χ3v) is 16.3. The highest BCUT2D eigenvalue weighted by Gasteiger charge is 2.44. The molecule has 0 atom stereocenters. The smallest absolute Gasteiger partial charge is 0.160 e. The number of aromatic nitrogens is 2. The van der Waals surface area contributed by atoms with Crippen LogP contribution in [0.4, 0.5) is 0 Å². The molecule has 0 saturated carbocycles. The summed E-state index contributed by atoms with van der Waals surface area (Å²) in [7, 11) is -2.35. The first-order valence-corrected chi connectivity index (χ1v) is 23.5. The molecule has 1 aliphatic rings. The summed E-state index contributed by atoms with van der Waals surface area (Å²) in [6.45, 7) is 4.99. The zero-order valence-corrected chi connectivity index (χ0v) is 33.9. The van der Waals surface area contributed by atoms with E-state index in [0.717, 1.165) is 28.3 Å². The first kappa shape index (κ1) is 33.9. The normalized spacial score (nSPS) is 13.1. The van der Waals surface area contributed by atoms with E-state index in [1.54, 1.807) is 0 Å². The van der Waals surface area contributed by atoms with E-state index >= 15 is 0 Å². The van der Waals surface area contributed by atoms with Gasteiger partial charge in [-0.3, -0.25) is 0 Å². The summed E-state index contributed by atoms with van der Waals surface area (Å²) in [6.07, 6.45) is 0. The molecule has 0 spiro atoms. The number of nitrogens with zero attached hydrogens (tertiary/aromatic N) is 2. The Labute approximate surface area is 344 Å². The van der Waals surface area contributed by atoms with Gasteiger partial charge in [-0.2, -0.15) is 0 Å². The molecule has 276 valence electrons. The van der Waals surface area contributed by atoms with Crippen molar-refractivity contribution in [3.05, 3.63) is 194 Å². The van der Waals surface area contributed by atoms with Gasteiger partial charge in [-0.15, -0.1) is 0 Å². The molecule has 0 unspecified atom stereocenters. The zero-order chi connectivity index (χ0) is 39.2. The molecular weight excluding hydrogens is 729 g/mol. The Hall–Kier alpha value is -7.20. The van der Waals surface area contributed by atoms with Crippen molar-refractivity contribution in [2.24, 2.45) is 0 Å². The Morgan fingerprint density at radius 3 is 1.31 bits per heavy atom. The molecule has 0 aliphatic carbocycles. The van der Waals surface area contributed by atoms with Crippen LogP contribution < -0.4 is 10.4 Å². The molecule has 0 N–H and O–H groups in total. The number of benzene rings is 10. The molecule has 2 nitrogen and oxygen atoms in total. The van der Waals surface area contributed by atoms with Crippen LogP contribution in [0, 0.1) is 0 Å². The van der Waals surface area contributed by atoms with Gasteiger partial charge in [-0.1, -0.05) is 189 Å². The molecule has 11 aromatic rings. The van der Waals surface area contributed by atoms with Gasteiger partial charge < -0.3 is 0 Å². The molecule has 2 heterocycles. The second-order valence-corrected chi connectivity index (χ2v) is 20.7. The van der Waals surface area contributed by atoms with Gasteiger partial charge in [0.15, 0.2) is 5.82 Å². The fourth-order valence-electron chi connectivity index (χ4n) is 10.1. The van der Waals surface area contributed by atoms with Crippen molar-refractivity contribution in [1.29, 1.82) is 0 Å². The molecule has 0 bridgehead atoms. The molecule has 12 rings (SSSR count). The van der Waals surface area contributed by atoms with Crippen LogP contribution in [0.2, 0.25) is 13.1 Å². The van der Waals surface area contributed by atoms with E-state index in [4.69, 9.17) is 9.97 Å². The topological polar surface area (TPSA) is 25.8 Å². The van der Waals surface area contributed by atoms with Crippen molar-refractivity contribution in [2.45, 2.75) is 13.1 Å². The summed E-state index contributed by atoms with van der Waals surface area (Å²) in [5.74, 6) is 0.762. The predicted molar refractivity (Wildman–Crippen MR) is 253 cm³/mol. The van der Waals surface area contributed by atoms with Crippen molar-refractivity contribution >= 4 is 72.3 Å². The monoisotopic (exact) mass is 766 g/mol. The first-order chi connectivity index (χ1) is 29.0. The molecule has 0 saturated heterocycles. The summed E-state index contributed by atoms with van der Waals surface area (Å²) in [5.41, 5.74) is 10.3. The maximum Gasteiger partial charge on any atom is 0.160 e. The summed E-state index contributed by atoms with van der Waals surface area (Å²) >= 11 is 0. The SMILES string of the molecule is C[Si]1(C)c2c(-c3cccc(-c4cccc(-c5ccc6c7ccccc7c7ccccc7c6c5)c4)c3)nc(-c3ccccc3)nc2-c2c1c1ccccc1c1ccccc21. The molecule has 3 heteroatoms. The van der Waals surface area contributed by atoms with Gasteiger partial charge >= 0.3 is 0 Å². The number of rotatable bonds is 4. The molecule has 0 radical (unpaired) electrons. The summed E-state index contributed by atoms with van der Waals surface area (Å²) in [6, 6.07) is 70.9. The van der Waals surface area contributed by atoms with Gasteiger partial charge in [0.1, 0.15) is 8.07 Å². The lowest BCUT2D eigenvalue weighted by molar-refractivity contribution is 1.20. The van der Waals surface area contributed by atoms with E-state index in [1.807, 2.05) is 0 Å². The zero-order valence-electron chi connectivity index (χ0n) is 32.9. The third kappa shape index (κ3) is 5.11. The van der Waals surface area contributed by atoms with Gasteiger partial charge in [0.05, 0.1) is 11.4 Å². The fourth-order valence-corrected chi connectivity index (χ4v) is 13.7. The maximum absolute atomic E-state index is 5.52. The van der Waals surface area contributed by atoms with E-state index in [0.29, 0.717) is 0 Å². The van der Waals surface area contributed by atoms with E-state index in [9.17, 15) is 0 Å². The molecule has 0 amide bonds. The summed E-state index contributed by atoms with van der Waals surface area (Å²) < 4.78 is 0.